The molecule has 2 bridgehead atoms. The number of ketones is 1. The normalized spacial score (nSPS) is 30.7. The molecular formula is C33H45NO7S. The van der Waals surface area contributed by atoms with E-state index < -0.39 is 27.1 Å². The molecule has 1 saturated carbocycles. The number of aliphatic hydroxyl groups excluding tert-OH is 1. The van der Waals surface area contributed by atoms with Gasteiger partial charge in [-0.2, -0.15) is 4.31 Å². The van der Waals surface area contributed by atoms with E-state index in [9.17, 15) is 23.4 Å². The second kappa shape index (κ2) is 12.4. The van der Waals surface area contributed by atoms with Crippen LogP contribution in [-0.4, -0.2) is 72.5 Å². The molecule has 4 aliphatic rings. The van der Waals surface area contributed by atoms with Crippen molar-refractivity contribution in [2.45, 2.75) is 95.4 Å². The summed E-state index contributed by atoms with van der Waals surface area (Å²) < 4.78 is 38.7. The van der Waals surface area contributed by atoms with Gasteiger partial charge in [-0.05, 0) is 100.0 Å². The zero-order chi connectivity index (χ0) is 30.1. The molecule has 1 aromatic heterocycles. The van der Waals surface area contributed by atoms with Gasteiger partial charge >= 0.3 is 0 Å². The van der Waals surface area contributed by atoms with Gasteiger partial charge in [0.25, 0.3) is 0 Å². The van der Waals surface area contributed by atoms with E-state index in [1.54, 1.807) is 12.1 Å². The predicted molar refractivity (Wildman–Crippen MR) is 161 cm³/mol. The summed E-state index contributed by atoms with van der Waals surface area (Å²) in [5.41, 5.74) is 1.35. The van der Waals surface area contributed by atoms with E-state index in [0.717, 1.165) is 30.4 Å². The number of allylic oxidation sites excluding steroid dienone is 2. The van der Waals surface area contributed by atoms with Crippen molar-refractivity contribution in [3.05, 3.63) is 70.7 Å². The molecule has 0 radical (unpaired) electrons. The lowest BCUT2D eigenvalue weighted by molar-refractivity contribution is -0.0753. The molecule has 8 nitrogen and oxygen atoms in total. The van der Waals surface area contributed by atoms with Crippen molar-refractivity contribution >= 4 is 15.8 Å². The van der Waals surface area contributed by atoms with Crippen LogP contribution in [0.5, 0.6) is 0 Å². The molecule has 9 heteroatoms. The Morgan fingerprint density at radius 2 is 1.98 bits per heavy atom. The molecule has 3 aliphatic carbocycles. The minimum Gasteiger partial charge on any atom is -0.461 e. The molecule has 1 aromatic carbocycles. The van der Waals surface area contributed by atoms with E-state index in [1.165, 1.54) is 22.4 Å². The summed E-state index contributed by atoms with van der Waals surface area (Å²) in [4.78, 5) is 13.8. The Hall–Kier alpha value is -2.30. The van der Waals surface area contributed by atoms with Crippen molar-refractivity contribution in [2.24, 2.45) is 5.41 Å². The van der Waals surface area contributed by atoms with E-state index in [-0.39, 0.29) is 36.7 Å². The number of sulfonamides is 1. The zero-order valence-electron chi connectivity index (χ0n) is 25.0. The van der Waals surface area contributed by atoms with Gasteiger partial charge in [0.1, 0.15) is 0 Å². The number of aliphatic hydroxyl groups is 2. The van der Waals surface area contributed by atoms with Crippen molar-refractivity contribution in [3.8, 4) is 0 Å². The minimum absolute atomic E-state index is 0.0207. The van der Waals surface area contributed by atoms with Gasteiger partial charge in [0.15, 0.2) is 5.76 Å². The van der Waals surface area contributed by atoms with Gasteiger partial charge in [0, 0.05) is 30.7 Å². The summed E-state index contributed by atoms with van der Waals surface area (Å²) in [6.45, 7) is 4.95. The first-order chi connectivity index (χ1) is 19.9. The van der Waals surface area contributed by atoms with Gasteiger partial charge in [-0.15, -0.1) is 0 Å². The summed E-state index contributed by atoms with van der Waals surface area (Å²) in [6, 6.07) is 9.16. The second-order valence-electron chi connectivity index (χ2n) is 12.9. The van der Waals surface area contributed by atoms with Crippen LogP contribution in [-0.2, 0) is 21.2 Å². The Bertz CT molecular complexity index is 1400. The molecule has 2 heterocycles. The number of rotatable bonds is 7. The lowest BCUT2D eigenvalue weighted by Gasteiger charge is -2.46. The van der Waals surface area contributed by atoms with E-state index in [0.29, 0.717) is 50.7 Å². The Balaban J connectivity index is 1.58. The number of fused-ring (bicyclic) bond motifs is 8. The average molecular weight is 600 g/mol. The fourth-order valence-corrected chi connectivity index (χ4v) is 8.25. The third kappa shape index (κ3) is 6.45. The second-order valence-corrected chi connectivity index (χ2v) is 14.9. The van der Waals surface area contributed by atoms with E-state index in [1.807, 2.05) is 18.2 Å². The Morgan fingerprint density at radius 1 is 1.17 bits per heavy atom. The molecule has 2 N–H and O–H groups in total. The maximum atomic E-state index is 13.8. The SMILES string of the molecule is CC1=CCCC2(C)C(CCC2(O)CN(CC2CCCO2)S(C)(=O)=O)c2ccc(cc2C(=O)c2ccco2)CC(O)CC1. The molecule has 1 saturated heterocycles. The van der Waals surface area contributed by atoms with Crippen LogP contribution >= 0.6 is 0 Å². The molecule has 0 amide bonds. The lowest BCUT2D eigenvalue weighted by atomic mass is 9.65. The van der Waals surface area contributed by atoms with Crippen molar-refractivity contribution < 1.29 is 32.6 Å². The fourth-order valence-electron chi connectivity index (χ4n) is 7.36. The third-order valence-corrected chi connectivity index (χ3v) is 11.2. The van der Waals surface area contributed by atoms with Gasteiger partial charge in [-0.1, -0.05) is 30.7 Å². The van der Waals surface area contributed by atoms with Gasteiger partial charge < -0.3 is 19.4 Å². The van der Waals surface area contributed by atoms with Crippen LogP contribution in [0.15, 0.2) is 52.7 Å². The van der Waals surface area contributed by atoms with Crippen LogP contribution in [0.2, 0.25) is 0 Å². The fraction of sp³-hybridized carbons (Fsp3) is 0.606. The number of carbonyl (C=O) groups is 1. The highest BCUT2D eigenvalue weighted by molar-refractivity contribution is 7.88. The molecule has 5 atom stereocenters. The molecule has 2 fully saturated rings. The van der Waals surface area contributed by atoms with E-state index in [2.05, 4.69) is 19.9 Å². The Kier molecular flexibility index (Phi) is 9.17. The van der Waals surface area contributed by atoms with Crippen molar-refractivity contribution in [1.29, 1.82) is 0 Å². The number of hydrogen-bond donors (Lipinski definition) is 2. The first-order valence-electron chi connectivity index (χ1n) is 15.2. The maximum absolute atomic E-state index is 13.8. The number of ether oxygens (including phenoxy) is 1. The largest absolute Gasteiger partial charge is 0.461 e. The summed E-state index contributed by atoms with van der Waals surface area (Å²) in [5, 5.41) is 23.3. The lowest BCUT2D eigenvalue weighted by Crippen LogP contribution is -2.54. The highest BCUT2D eigenvalue weighted by Gasteiger charge is 2.58. The first-order valence-corrected chi connectivity index (χ1v) is 17.1. The van der Waals surface area contributed by atoms with Gasteiger partial charge in [-0.3, -0.25) is 4.79 Å². The molecule has 5 unspecified atom stereocenters. The molecule has 42 heavy (non-hydrogen) atoms. The zero-order valence-corrected chi connectivity index (χ0v) is 25.9. The first kappa shape index (κ1) is 31.1. The van der Waals surface area contributed by atoms with Crippen LogP contribution in [0, 0.1) is 5.41 Å². The summed E-state index contributed by atoms with van der Waals surface area (Å²) in [7, 11) is -3.61. The quantitative estimate of drug-likeness (QED) is 0.340. The third-order valence-electron chi connectivity index (χ3n) is 10.00. The molecular weight excluding hydrogens is 554 g/mol. The van der Waals surface area contributed by atoms with Crippen LogP contribution in [0.3, 0.4) is 0 Å². The standard InChI is InChI=1S/C33H45NO7S/c1-23-7-4-15-32(2)29(14-16-33(32,37)22-34(42(3,38)39)21-26-8-5-17-40-26)27-13-11-24(19-25(35)12-10-23)20-28(27)31(36)30-9-6-18-41-30/h6-7,9,11,13,18,20,25-26,29,35,37H,4-5,8,10,12,14-17,19,21-22H2,1-3H3. The van der Waals surface area contributed by atoms with Crippen molar-refractivity contribution in [2.75, 3.05) is 26.0 Å². The van der Waals surface area contributed by atoms with Crippen LogP contribution in [0.1, 0.15) is 98.4 Å². The monoisotopic (exact) mass is 599 g/mol. The smallest absolute Gasteiger partial charge is 0.228 e. The summed E-state index contributed by atoms with van der Waals surface area (Å²) >= 11 is 0. The van der Waals surface area contributed by atoms with Crippen molar-refractivity contribution in [1.82, 2.24) is 4.31 Å². The minimum atomic E-state index is -3.61. The summed E-state index contributed by atoms with van der Waals surface area (Å²) in [5.74, 6) is -0.192. The number of furan rings is 1. The van der Waals surface area contributed by atoms with E-state index in [4.69, 9.17) is 9.15 Å². The number of nitrogens with zero attached hydrogens (tertiary/aromatic N) is 1. The van der Waals surface area contributed by atoms with Gasteiger partial charge in [-0.25, -0.2) is 8.42 Å². The molecule has 1 aliphatic heterocycles. The van der Waals surface area contributed by atoms with Gasteiger partial charge in [0.2, 0.25) is 15.8 Å². The Morgan fingerprint density at radius 3 is 2.67 bits per heavy atom. The molecule has 0 spiro atoms. The highest BCUT2D eigenvalue weighted by atomic mass is 32.2. The predicted octanol–water partition coefficient (Wildman–Crippen LogP) is 4.99. The van der Waals surface area contributed by atoms with Crippen LogP contribution in [0.4, 0.5) is 0 Å². The molecule has 6 rings (SSSR count). The highest BCUT2D eigenvalue weighted by Crippen LogP contribution is 2.59. The van der Waals surface area contributed by atoms with E-state index >= 15 is 0 Å². The topological polar surface area (TPSA) is 117 Å². The number of hydrogen-bond acceptors (Lipinski definition) is 7. The number of benzene rings is 1. The molecule has 230 valence electrons. The summed E-state index contributed by atoms with van der Waals surface area (Å²) in [6.07, 6.45) is 9.98. The molecule has 2 aromatic rings. The Labute approximate surface area is 249 Å². The van der Waals surface area contributed by atoms with Gasteiger partial charge in [0.05, 0.1) is 30.3 Å². The number of carbonyl (C=O) groups excluding carboxylic acids is 1. The maximum Gasteiger partial charge on any atom is 0.228 e. The van der Waals surface area contributed by atoms with Crippen molar-refractivity contribution in [3.63, 3.8) is 0 Å². The van der Waals surface area contributed by atoms with Crippen LogP contribution in [0.25, 0.3) is 0 Å². The van der Waals surface area contributed by atoms with Crippen LogP contribution < -0.4 is 0 Å². The average Bonchev–Trinajstić information content (AvgIpc) is 3.69.